The average Bonchev–Trinajstić information content (AvgIpc) is 3.17. The maximum Gasteiger partial charge on any atom is 0.191 e. The van der Waals surface area contributed by atoms with Crippen LogP contribution in [0.2, 0.25) is 0 Å². The topological polar surface area (TPSA) is 43.6 Å². The normalized spacial score (nSPS) is 14.3. The van der Waals surface area contributed by atoms with Gasteiger partial charge in [-0.15, -0.1) is 21.5 Å². The first-order valence-electron chi connectivity index (χ1n) is 7.75. The minimum absolute atomic E-state index is 0.633. The standard InChI is InChI=1S/C17H18N4S2/c1-11-5-3-4-6-14(11)16-18-13(9-22-16)10-23-17-20-19-15(21(17)2)12-7-8-12/h3-6,9,12H,7-8,10H2,1-2H3. The third-order valence-electron chi connectivity index (χ3n) is 4.09. The van der Waals surface area contributed by atoms with E-state index in [1.807, 2.05) is 0 Å². The second-order valence-electron chi connectivity index (χ2n) is 5.92. The van der Waals surface area contributed by atoms with E-state index in [0.29, 0.717) is 5.92 Å². The second-order valence-corrected chi connectivity index (χ2v) is 7.72. The predicted octanol–water partition coefficient (Wildman–Crippen LogP) is 4.42. The summed E-state index contributed by atoms with van der Waals surface area (Å²) in [6.07, 6.45) is 2.50. The van der Waals surface area contributed by atoms with Gasteiger partial charge in [0.2, 0.25) is 0 Å². The Labute approximate surface area is 144 Å². The Morgan fingerprint density at radius 1 is 1.26 bits per heavy atom. The van der Waals surface area contributed by atoms with E-state index in [-0.39, 0.29) is 0 Å². The van der Waals surface area contributed by atoms with E-state index in [4.69, 9.17) is 4.98 Å². The highest BCUT2D eigenvalue weighted by molar-refractivity contribution is 7.98. The molecular weight excluding hydrogens is 324 g/mol. The van der Waals surface area contributed by atoms with E-state index >= 15 is 0 Å². The zero-order valence-electron chi connectivity index (χ0n) is 13.2. The highest BCUT2D eigenvalue weighted by atomic mass is 32.2. The molecule has 0 bridgehead atoms. The molecule has 2 aromatic heterocycles. The van der Waals surface area contributed by atoms with Crippen LogP contribution in [0.5, 0.6) is 0 Å². The number of rotatable bonds is 5. The van der Waals surface area contributed by atoms with Gasteiger partial charge in [-0.2, -0.15) is 0 Å². The number of benzene rings is 1. The Hall–Kier alpha value is -1.66. The van der Waals surface area contributed by atoms with E-state index in [1.54, 1.807) is 23.1 Å². The van der Waals surface area contributed by atoms with Crippen molar-refractivity contribution in [2.75, 3.05) is 0 Å². The number of hydrogen-bond donors (Lipinski definition) is 0. The highest BCUT2D eigenvalue weighted by Gasteiger charge is 2.29. The molecule has 0 unspecified atom stereocenters. The van der Waals surface area contributed by atoms with E-state index < -0.39 is 0 Å². The van der Waals surface area contributed by atoms with Crippen molar-refractivity contribution in [1.82, 2.24) is 19.7 Å². The highest BCUT2D eigenvalue weighted by Crippen LogP contribution is 2.39. The zero-order chi connectivity index (χ0) is 15.8. The summed E-state index contributed by atoms with van der Waals surface area (Å²) in [5.74, 6) is 2.60. The number of hydrogen-bond acceptors (Lipinski definition) is 5. The molecule has 1 fully saturated rings. The number of nitrogens with zero attached hydrogens (tertiary/aromatic N) is 4. The molecule has 118 valence electrons. The van der Waals surface area contributed by atoms with Crippen LogP contribution in [0.25, 0.3) is 10.6 Å². The Bertz CT molecular complexity index is 833. The molecule has 1 aliphatic carbocycles. The molecule has 0 N–H and O–H groups in total. The van der Waals surface area contributed by atoms with Crippen molar-refractivity contribution in [3.63, 3.8) is 0 Å². The van der Waals surface area contributed by atoms with Crippen LogP contribution in [0.1, 0.15) is 35.8 Å². The summed E-state index contributed by atoms with van der Waals surface area (Å²) >= 11 is 3.42. The lowest BCUT2D eigenvalue weighted by Gasteiger charge is -2.02. The van der Waals surface area contributed by atoms with E-state index in [9.17, 15) is 0 Å². The van der Waals surface area contributed by atoms with Gasteiger partial charge in [0, 0.05) is 29.7 Å². The summed E-state index contributed by atoms with van der Waals surface area (Å²) in [6, 6.07) is 8.39. The third kappa shape index (κ3) is 3.05. The van der Waals surface area contributed by atoms with Gasteiger partial charge in [0.1, 0.15) is 10.8 Å². The number of aryl methyl sites for hydroxylation is 1. The van der Waals surface area contributed by atoms with Gasteiger partial charge in [0.05, 0.1) is 5.69 Å². The molecule has 0 saturated heterocycles. The van der Waals surface area contributed by atoms with Crippen molar-refractivity contribution in [3.05, 3.63) is 46.7 Å². The Balaban J connectivity index is 1.47. The van der Waals surface area contributed by atoms with Gasteiger partial charge in [-0.05, 0) is 25.3 Å². The number of thiazole rings is 1. The molecular formula is C17H18N4S2. The van der Waals surface area contributed by atoms with Gasteiger partial charge in [0.15, 0.2) is 5.16 Å². The predicted molar refractivity (Wildman–Crippen MR) is 94.8 cm³/mol. The largest absolute Gasteiger partial charge is 0.309 e. The summed E-state index contributed by atoms with van der Waals surface area (Å²) in [5, 5.41) is 12.9. The van der Waals surface area contributed by atoms with Gasteiger partial charge in [-0.3, -0.25) is 0 Å². The van der Waals surface area contributed by atoms with Crippen LogP contribution in [-0.4, -0.2) is 19.7 Å². The van der Waals surface area contributed by atoms with Gasteiger partial charge in [-0.25, -0.2) is 4.98 Å². The van der Waals surface area contributed by atoms with Crippen LogP contribution in [0.4, 0.5) is 0 Å². The molecule has 0 atom stereocenters. The van der Waals surface area contributed by atoms with Gasteiger partial charge >= 0.3 is 0 Å². The van der Waals surface area contributed by atoms with Gasteiger partial charge < -0.3 is 4.57 Å². The van der Waals surface area contributed by atoms with Crippen LogP contribution >= 0.6 is 23.1 Å². The van der Waals surface area contributed by atoms with Crippen molar-refractivity contribution in [1.29, 1.82) is 0 Å². The lowest BCUT2D eigenvalue weighted by Crippen LogP contribution is -1.97. The van der Waals surface area contributed by atoms with Gasteiger partial charge in [0.25, 0.3) is 0 Å². The second kappa shape index (κ2) is 6.09. The third-order valence-corrected chi connectivity index (χ3v) is 6.07. The SMILES string of the molecule is Cc1ccccc1-c1nc(CSc2nnc(C3CC3)n2C)cs1. The minimum Gasteiger partial charge on any atom is -0.309 e. The van der Waals surface area contributed by atoms with Gasteiger partial charge in [-0.1, -0.05) is 36.0 Å². The van der Waals surface area contributed by atoms with Crippen molar-refractivity contribution in [3.8, 4) is 10.6 Å². The van der Waals surface area contributed by atoms with Crippen molar-refractivity contribution >= 4 is 23.1 Å². The molecule has 4 rings (SSSR count). The molecule has 0 spiro atoms. The summed E-state index contributed by atoms with van der Waals surface area (Å²) in [7, 11) is 2.07. The van der Waals surface area contributed by atoms with Crippen LogP contribution < -0.4 is 0 Å². The van der Waals surface area contributed by atoms with Crippen molar-refractivity contribution in [2.45, 2.75) is 36.6 Å². The first-order chi connectivity index (χ1) is 11.2. The summed E-state index contributed by atoms with van der Waals surface area (Å²) < 4.78 is 2.14. The average molecular weight is 342 g/mol. The first-order valence-corrected chi connectivity index (χ1v) is 9.61. The fourth-order valence-corrected chi connectivity index (χ4v) is 4.42. The van der Waals surface area contributed by atoms with Crippen LogP contribution in [0, 0.1) is 6.92 Å². The van der Waals surface area contributed by atoms with E-state index in [1.165, 1.54) is 24.0 Å². The molecule has 23 heavy (non-hydrogen) atoms. The van der Waals surface area contributed by atoms with Crippen LogP contribution in [-0.2, 0) is 12.8 Å². The Morgan fingerprint density at radius 2 is 2.09 bits per heavy atom. The Kier molecular flexibility index (Phi) is 3.95. The summed E-state index contributed by atoms with van der Waals surface area (Å²) in [5.41, 5.74) is 3.60. The minimum atomic E-state index is 0.633. The van der Waals surface area contributed by atoms with E-state index in [2.05, 4.69) is 58.4 Å². The first kappa shape index (κ1) is 14.9. The van der Waals surface area contributed by atoms with Crippen LogP contribution in [0.15, 0.2) is 34.8 Å². The molecule has 0 amide bonds. The molecule has 6 heteroatoms. The Morgan fingerprint density at radius 3 is 2.87 bits per heavy atom. The summed E-state index contributed by atoms with van der Waals surface area (Å²) in [6.45, 7) is 2.13. The molecule has 2 heterocycles. The monoisotopic (exact) mass is 342 g/mol. The molecule has 0 aliphatic heterocycles. The fourth-order valence-electron chi connectivity index (χ4n) is 2.60. The lowest BCUT2D eigenvalue weighted by molar-refractivity contribution is 0.736. The number of thioether (sulfide) groups is 1. The smallest absolute Gasteiger partial charge is 0.191 e. The van der Waals surface area contributed by atoms with Crippen molar-refractivity contribution in [2.24, 2.45) is 7.05 Å². The molecule has 1 saturated carbocycles. The fraction of sp³-hybridized carbons (Fsp3) is 0.353. The maximum absolute atomic E-state index is 4.78. The van der Waals surface area contributed by atoms with Crippen molar-refractivity contribution < 1.29 is 0 Å². The molecule has 1 aromatic carbocycles. The molecule has 4 nitrogen and oxygen atoms in total. The maximum atomic E-state index is 4.78. The summed E-state index contributed by atoms with van der Waals surface area (Å²) in [4.78, 5) is 4.78. The van der Waals surface area contributed by atoms with Crippen LogP contribution in [0.3, 0.4) is 0 Å². The lowest BCUT2D eigenvalue weighted by atomic mass is 10.1. The molecule has 3 aromatic rings. The zero-order valence-corrected chi connectivity index (χ0v) is 14.8. The quantitative estimate of drug-likeness (QED) is 0.644. The molecule has 1 aliphatic rings. The molecule has 0 radical (unpaired) electrons. The van der Waals surface area contributed by atoms with E-state index in [0.717, 1.165) is 27.4 Å². The number of aromatic nitrogens is 4.